The summed E-state index contributed by atoms with van der Waals surface area (Å²) in [6, 6.07) is 10.6. The van der Waals surface area contributed by atoms with Crippen LogP contribution in [0.1, 0.15) is 15.9 Å². The molecule has 2 aromatic rings. The molecule has 2 aromatic carbocycles. The quantitative estimate of drug-likeness (QED) is 0.810. The van der Waals surface area contributed by atoms with Gasteiger partial charge in [-0.1, -0.05) is 23.7 Å². The third kappa shape index (κ3) is 3.97. The van der Waals surface area contributed by atoms with Gasteiger partial charge in [-0.3, -0.25) is 4.79 Å². The summed E-state index contributed by atoms with van der Waals surface area (Å²) >= 11 is 5.82. The van der Waals surface area contributed by atoms with Crippen LogP contribution < -0.4 is 5.32 Å². The van der Waals surface area contributed by atoms with Gasteiger partial charge in [-0.05, 0) is 35.9 Å². The van der Waals surface area contributed by atoms with E-state index < -0.39 is 5.97 Å². The van der Waals surface area contributed by atoms with Crippen LogP contribution in [-0.4, -0.2) is 22.1 Å². The number of carboxylic acid groups (broad SMARTS) is 1. The van der Waals surface area contributed by atoms with Crippen LogP contribution in [0.15, 0.2) is 42.5 Å². The lowest BCUT2D eigenvalue weighted by atomic mass is 10.1. The summed E-state index contributed by atoms with van der Waals surface area (Å²) in [7, 11) is 0. The second-order valence-corrected chi connectivity index (χ2v) is 4.80. The summed E-state index contributed by atoms with van der Waals surface area (Å²) in [6.45, 7) is 0. The molecule has 0 saturated carbocycles. The predicted molar refractivity (Wildman–Crippen MR) is 78.9 cm³/mol. The average Bonchev–Trinajstić information content (AvgIpc) is 2.38. The van der Waals surface area contributed by atoms with Gasteiger partial charge in [-0.25, -0.2) is 4.79 Å². The molecule has 0 fully saturated rings. The monoisotopic (exact) mass is 305 g/mol. The van der Waals surface area contributed by atoms with Crippen molar-refractivity contribution in [1.82, 2.24) is 0 Å². The summed E-state index contributed by atoms with van der Waals surface area (Å²) in [5, 5.41) is 20.9. The summed E-state index contributed by atoms with van der Waals surface area (Å²) in [5.41, 5.74) is 1.05. The highest BCUT2D eigenvalue weighted by atomic mass is 35.5. The van der Waals surface area contributed by atoms with Crippen LogP contribution in [-0.2, 0) is 11.2 Å². The molecule has 0 heterocycles. The number of aromatic hydroxyl groups is 1. The van der Waals surface area contributed by atoms with E-state index in [9.17, 15) is 14.7 Å². The van der Waals surface area contributed by atoms with Gasteiger partial charge in [0.2, 0.25) is 5.91 Å². The smallest absolute Gasteiger partial charge is 0.337 e. The van der Waals surface area contributed by atoms with Crippen molar-refractivity contribution >= 4 is 29.2 Å². The van der Waals surface area contributed by atoms with Crippen LogP contribution in [0.3, 0.4) is 0 Å². The second kappa shape index (κ2) is 6.28. The number of phenols is 1. The van der Waals surface area contributed by atoms with Crippen molar-refractivity contribution in [3.05, 3.63) is 58.6 Å². The summed E-state index contributed by atoms with van der Waals surface area (Å²) in [5.74, 6) is -1.33. The van der Waals surface area contributed by atoms with Gasteiger partial charge in [0.05, 0.1) is 17.0 Å². The van der Waals surface area contributed by atoms with E-state index in [-0.39, 0.29) is 28.7 Å². The van der Waals surface area contributed by atoms with E-state index in [2.05, 4.69) is 5.32 Å². The van der Waals surface area contributed by atoms with Gasteiger partial charge < -0.3 is 15.5 Å². The summed E-state index contributed by atoms with van der Waals surface area (Å²) in [6.07, 6.45) is 0.0900. The lowest BCUT2D eigenvalue weighted by Crippen LogP contribution is -2.14. The molecule has 0 unspecified atom stereocenters. The van der Waals surface area contributed by atoms with Crippen molar-refractivity contribution in [2.24, 2.45) is 0 Å². The van der Waals surface area contributed by atoms with Crippen molar-refractivity contribution < 1.29 is 19.8 Å². The minimum Gasteiger partial charge on any atom is -0.508 e. The maximum atomic E-state index is 11.9. The lowest BCUT2D eigenvalue weighted by molar-refractivity contribution is -0.115. The molecule has 0 atom stereocenters. The Morgan fingerprint density at radius 3 is 2.52 bits per heavy atom. The van der Waals surface area contributed by atoms with Crippen LogP contribution >= 0.6 is 11.6 Å². The van der Waals surface area contributed by atoms with Crippen LogP contribution in [0.5, 0.6) is 5.75 Å². The Kier molecular flexibility index (Phi) is 4.45. The third-order valence-corrected chi connectivity index (χ3v) is 3.07. The topological polar surface area (TPSA) is 86.6 Å². The first-order valence-corrected chi connectivity index (χ1v) is 6.44. The van der Waals surface area contributed by atoms with Crippen LogP contribution in [0, 0.1) is 0 Å². The highest BCUT2D eigenvalue weighted by Crippen LogP contribution is 2.21. The van der Waals surface area contributed by atoms with Gasteiger partial charge in [-0.15, -0.1) is 0 Å². The Morgan fingerprint density at radius 1 is 1.14 bits per heavy atom. The molecule has 6 heteroatoms. The van der Waals surface area contributed by atoms with Crippen LogP contribution in [0.25, 0.3) is 0 Å². The fourth-order valence-corrected chi connectivity index (χ4v) is 2.08. The third-order valence-electron chi connectivity index (χ3n) is 2.76. The molecule has 0 radical (unpaired) electrons. The Labute approximate surface area is 125 Å². The molecule has 1 amide bonds. The Bertz CT molecular complexity index is 700. The first kappa shape index (κ1) is 14.9. The van der Waals surface area contributed by atoms with Gasteiger partial charge in [0, 0.05) is 5.69 Å². The van der Waals surface area contributed by atoms with Gasteiger partial charge in [-0.2, -0.15) is 0 Å². The Balaban J connectivity index is 2.06. The number of halogens is 1. The van der Waals surface area contributed by atoms with Crippen LogP contribution in [0.4, 0.5) is 5.69 Å². The fourth-order valence-electron chi connectivity index (χ4n) is 1.82. The molecule has 0 aliphatic heterocycles. The number of hydrogen-bond donors (Lipinski definition) is 3. The average molecular weight is 306 g/mol. The number of rotatable bonds is 4. The zero-order chi connectivity index (χ0) is 15.4. The van der Waals surface area contributed by atoms with Crippen molar-refractivity contribution in [3.8, 4) is 5.75 Å². The number of amides is 1. The molecule has 0 aromatic heterocycles. The van der Waals surface area contributed by atoms with Crippen molar-refractivity contribution in [1.29, 1.82) is 0 Å². The number of aromatic carboxylic acids is 1. The maximum Gasteiger partial charge on any atom is 0.337 e. The number of nitrogens with one attached hydrogen (secondary N) is 1. The Hall–Kier alpha value is -2.53. The molecule has 108 valence electrons. The van der Waals surface area contributed by atoms with Crippen molar-refractivity contribution in [2.45, 2.75) is 6.42 Å². The standard InChI is InChI=1S/C15H12ClNO4/c16-13-8-10(4-5-12(13)15(20)21)17-14(19)7-9-2-1-3-11(18)6-9/h1-6,8,18H,7H2,(H,17,19)(H,20,21). The van der Waals surface area contributed by atoms with E-state index in [0.717, 1.165) is 0 Å². The lowest BCUT2D eigenvalue weighted by Gasteiger charge is -2.07. The number of carboxylic acids is 1. The van der Waals surface area contributed by atoms with Gasteiger partial charge in [0.25, 0.3) is 0 Å². The molecule has 0 bridgehead atoms. The SMILES string of the molecule is O=C(Cc1cccc(O)c1)Nc1ccc(C(=O)O)c(Cl)c1. The second-order valence-electron chi connectivity index (χ2n) is 4.39. The van der Waals surface area contributed by atoms with Crippen molar-refractivity contribution in [3.63, 3.8) is 0 Å². The van der Waals surface area contributed by atoms with E-state index >= 15 is 0 Å². The largest absolute Gasteiger partial charge is 0.508 e. The van der Waals surface area contributed by atoms with E-state index in [1.54, 1.807) is 12.1 Å². The fraction of sp³-hybridized carbons (Fsp3) is 0.0667. The minimum absolute atomic E-state index is 0.0253. The van der Waals surface area contributed by atoms with Gasteiger partial charge >= 0.3 is 5.97 Å². The van der Waals surface area contributed by atoms with E-state index in [4.69, 9.17) is 16.7 Å². The molecule has 0 aliphatic rings. The van der Waals surface area contributed by atoms with Gasteiger partial charge in [0.1, 0.15) is 5.75 Å². The van der Waals surface area contributed by atoms with E-state index in [0.29, 0.717) is 11.3 Å². The van der Waals surface area contributed by atoms with E-state index in [1.165, 1.54) is 30.3 Å². The minimum atomic E-state index is -1.13. The normalized spacial score (nSPS) is 10.1. The first-order chi connectivity index (χ1) is 9.95. The molecule has 21 heavy (non-hydrogen) atoms. The molecule has 3 N–H and O–H groups in total. The highest BCUT2D eigenvalue weighted by Gasteiger charge is 2.10. The zero-order valence-corrected chi connectivity index (χ0v) is 11.6. The predicted octanol–water partition coefficient (Wildman–Crippen LogP) is 2.93. The molecular formula is C15H12ClNO4. The molecular weight excluding hydrogens is 294 g/mol. The molecule has 0 saturated heterocycles. The molecule has 0 aliphatic carbocycles. The number of anilines is 1. The summed E-state index contributed by atoms with van der Waals surface area (Å²) < 4.78 is 0. The number of carbonyl (C=O) groups is 2. The maximum absolute atomic E-state index is 11.9. The summed E-state index contributed by atoms with van der Waals surface area (Å²) in [4.78, 5) is 22.7. The van der Waals surface area contributed by atoms with Crippen molar-refractivity contribution in [2.75, 3.05) is 5.32 Å². The highest BCUT2D eigenvalue weighted by molar-refractivity contribution is 6.33. The first-order valence-electron chi connectivity index (χ1n) is 6.06. The number of carbonyl (C=O) groups excluding carboxylic acids is 1. The number of hydrogen-bond acceptors (Lipinski definition) is 3. The number of phenolic OH excluding ortho intramolecular Hbond substituents is 1. The van der Waals surface area contributed by atoms with Gasteiger partial charge in [0.15, 0.2) is 0 Å². The van der Waals surface area contributed by atoms with Crippen LogP contribution in [0.2, 0.25) is 5.02 Å². The molecule has 2 rings (SSSR count). The molecule has 0 spiro atoms. The molecule has 5 nitrogen and oxygen atoms in total. The zero-order valence-electron chi connectivity index (χ0n) is 10.8. The number of benzene rings is 2. The van der Waals surface area contributed by atoms with E-state index in [1.807, 2.05) is 0 Å². The Morgan fingerprint density at radius 2 is 1.90 bits per heavy atom.